The van der Waals surface area contributed by atoms with Gasteiger partial charge in [0.15, 0.2) is 5.17 Å². The van der Waals surface area contributed by atoms with E-state index in [-0.39, 0.29) is 5.17 Å². The van der Waals surface area contributed by atoms with E-state index < -0.39 is 0 Å². The molecule has 1 aromatic rings. The second kappa shape index (κ2) is 4.35. The second-order valence-electron chi connectivity index (χ2n) is 2.24. The predicted molar refractivity (Wildman–Crippen MR) is 52.2 cm³/mol. The first-order valence-corrected chi connectivity index (χ1v) is 4.16. The summed E-state index contributed by atoms with van der Waals surface area (Å²) in [5.41, 5.74) is 0.464. The van der Waals surface area contributed by atoms with Gasteiger partial charge in [0.2, 0.25) is 0 Å². The molecule has 0 spiro atoms. The lowest BCUT2D eigenvalue weighted by Gasteiger charge is -2.03. The Bertz CT molecular complexity index is 339. The van der Waals surface area contributed by atoms with Crippen molar-refractivity contribution in [2.45, 2.75) is 0 Å². The molecule has 0 aromatic heterocycles. The number of hydrogen-bond donors (Lipinski definition) is 1. The normalized spacial score (nSPS) is 11.5. The zero-order valence-electron chi connectivity index (χ0n) is 6.79. The van der Waals surface area contributed by atoms with Gasteiger partial charge in [0.25, 0.3) is 0 Å². The van der Waals surface area contributed by atoms with E-state index in [1.54, 1.807) is 18.2 Å². The van der Waals surface area contributed by atoms with Crippen LogP contribution in [-0.4, -0.2) is 17.5 Å². The highest BCUT2D eigenvalue weighted by molar-refractivity contribution is 6.70. The van der Waals surface area contributed by atoms with Crippen LogP contribution < -0.4 is 4.74 Å². The van der Waals surface area contributed by atoms with E-state index in [1.165, 1.54) is 7.11 Å². The summed E-state index contributed by atoms with van der Waals surface area (Å²) in [4.78, 5) is 0. The highest BCUT2D eigenvalue weighted by atomic mass is 35.5. The van der Waals surface area contributed by atoms with E-state index >= 15 is 0 Å². The van der Waals surface area contributed by atoms with E-state index in [0.29, 0.717) is 16.3 Å². The molecule has 0 aliphatic rings. The van der Waals surface area contributed by atoms with Gasteiger partial charge in [-0.25, -0.2) is 0 Å². The molecule has 0 amide bonds. The van der Waals surface area contributed by atoms with Crippen molar-refractivity contribution in [2.75, 3.05) is 7.11 Å². The third kappa shape index (κ3) is 2.26. The van der Waals surface area contributed by atoms with Crippen LogP contribution in [0.25, 0.3) is 0 Å². The molecule has 0 unspecified atom stereocenters. The van der Waals surface area contributed by atoms with Crippen molar-refractivity contribution in [3.8, 4) is 5.75 Å². The summed E-state index contributed by atoms with van der Waals surface area (Å²) >= 11 is 11.4. The number of rotatable bonds is 2. The Kier molecular flexibility index (Phi) is 3.39. The first-order valence-electron chi connectivity index (χ1n) is 3.40. The molecule has 0 atom stereocenters. The van der Waals surface area contributed by atoms with Gasteiger partial charge in [0, 0.05) is 5.56 Å². The van der Waals surface area contributed by atoms with Crippen molar-refractivity contribution in [2.24, 2.45) is 5.16 Å². The lowest BCUT2D eigenvalue weighted by molar-refractivity contribution is 0.321. The zero-order valence-corrected chi connectivity index (χ0v) is 8.30. The maximum absolute atomic E-state index is 8.41. The standard InChI is InChI=1S/C8H7Cl2NO2/c1-13-5-2-3-6(7(9)4-5)8(10)11-12/h2-4,12H,1H3. The Balaban J connectivity index is 3.12. The van der Waals surface area contributed by atoms with Gasteiger partial charge in [-0.1, -0.05) is 28.4 Å². The summed E-state index contributed by atoms with van der Waals surface area (Å²) in [6.07, 6.45) is 0. The third-order valence-corrected chi connectivity index (χ3v) is 2.08. The largest absolute Gasteiger partial charge is 0.497 e. The molecule has 0 bridgehead atoms. The maximum atomic E-state index is 8.41. The molecule has 0 aliphatic heterocycles. The van der Waals surface area contributed by atoms with Crippen LogP contribution in [-0.2, 0) is 0 Å². The van der Waals surface area contributed by atoms with Crippen LogP contribution in [0.3, 0.4) is 0 Å². The van der Waals surface area contributed by atoms with Gasteiger partial charge < -0.3 is 9.94 Å². The van der Waals surface area contributed by atoms with E-state index in [0.717, 1.165) is 0 Å². The lowest BCUT2D eigenvalue weighted by atomic mass is 10.2. The second-order valence-corrected chi connectivity index (χ2v) is 3.00. The first-order chi connectivity index (χ1) is 6.19. The van der Waals surface area contributed by atoms with Crippen molar-refractivity contribution in [1.82, 2.24) is 0 Å². The van der Waals surface area contributed by atoms with Gasteiger partial charge in [-0.15, -0.1) is 0 Å². The van der Waals surface area contributed by atoms with Crippen LogP contribution in [0.5, 0.6) is 5.75 Å². The molecule has 0 fully saturated rings. The van der Waals surface area contributed by atoms with Gasteiger partial charge in [0.05, 0.1) is 12.1 Å². The molecule has 0 radical (unpaired) electrons. The monoisotopic (exact) mass is 219 g/mol. The number of ether oxygens (including phenoxy) is 1. The lowest BCUT2D eigenvalue weighted by Crippen LogP contribution is -1.93. The average molecular weight is 220 g/mol. The van der Waals surface area contributed by atoms with Crippen LogP contribution >= 0.6 is 23.2 Å². The minimum atomic E-state index is -0.0485. The predicted octanol–water partition coefficient (Wildman–Crippen LogP) is 2.72. The van der Waals surface area contributed by atoms with Gasteiger partial charge in [0.1, 0.15) is 5.75 Å². The van der Waals surface area contributed by atoms with Gasteiger partial charge in [-0.2, -0.15) is 0 Å². The number of oxime groups is 1. The Morgan fingerprint density at radius 3 is 2.69 bits per heavy atom. The minimum Gasteiger partial charge on any atom is -0.497 e. The molecule has 1 aromatic carbocycles. The fraction of sp³-hybridized carbons (Fsp3) is 0.125. The smallest absolute Gasteiger partial charge is 0.176 e. The van der Waals surface area contributed by atoms with E-state index in [2.05, 4.69) is 5.16 Å². The highest BCUT2D eigenvalue weighted by Crippen LogP contribution is 2.23. The number of hydrogen-bond acceptors (Lipinski definition) is 3. The molecule has 1 rings (SSSR count). The Hall–Kier alpha value is -0.930. The topological polar surface area (TPSA) is 41.8 Å². The third-order valence-electron chi connectivity index (χ3n) is 1.49. The highest BCUT2D eigenvalue weighted by Gasteiger charge is 2.06. The van der Waals surface area contributed by atoms with Crippen LogP contribution in [0.1, 0.15) is 5.56 Å². The van der Waals surface area contributed by atoms with Gasteiger partial charge in [-0.05, 0) is 18.2 Å². The zero-order chi connectivity index (χ0) is 9.84. The van der Waals surface area contributed by atoms with Gasteiger partial charge >= 0.3 is 0 Å². The molecule has 0 heterocycles. The molecular formula is C8H7Cl2NO2. The fourth-order valence-corrected chi connectivity index (χ4v) is 1.32. The summed E-state index contributed by atoms with van der Waals surface area (Å²) in [5.74, 6) is 0.621. The minimum absolute atomic E-state index is 0.0485. The molecule has 13 heavy (non-hydrogen) atoms. The van der Waals surface area contributed by atoms with Crippen molar-refractivity contribution in [3.05, 3.63) is 28.8 Å². The summed E-state index contributed by atoms with van der Waals surface area (Å²) in [5, 5.41) is 11.6. The SMILES string of the molecule is COc1ccc(C(Cl)=NO)c(Cl)c1. The summed E-state index contributed by atoms with van der Waals surface area (Å²) in [6, 6.07) is 4.88. The van der Waals surface area contributed by atoms with E-state index in [1.807, 2.05) is 0 Å². The average Bonchev–Trinajstić information content (AvgIpc) is 2.16. The Labute approximate surface area is 85.5 Å². The Morgan fingerprint density at radius 1 is 1.54 bits per heavy atom. The summed E-state index contributed by atoms with van der Waals surface area (Å²) < 4.78 is 4.93. The molecule has 0 saturated carbocycles. The number of benzene rings is 1. The van der Waals surface area contributed by atoms with E-state index in [9.17, 15) is 0 Å². The van der Waals surface area contributed by atoms with Crippen molar-refractivity contribution in [1.29, 1.82) is 0 Å². The molecule has 1 N–H and O–H groups in total. The summed E-state index contributed by atoms with van der Waals surface area (Å²) in [6.45, 7) is 0. The first kappa shape index (κ1) is 10.2. The van der Waals surface area contributed by atoms with Crippen molar-refractivity contribution >= 4 is 28.4 Å². The maximum Gasteiger partial charge on any atom is 0.176 e. The molecule has 3 nitrogen and oxygen atoms in total. The molecule has 0 aliphatic carbocycles. The number of halogens is 2. The quantitative estimate of drug-likeness (QED) is 0.473. The van der Waals surface area contributed by atoms with Crippen LogP contribution in [0, 0.1) is 0 Å². The molecule has 70 valence electrons. The molecule has 5 heteroatoms. The van der Waals surface area contributed by atoms with Crippen LogP contribution in [0.2, 0.25) is 5.02 Å². The Morgan fingerprint density at radius 2 is 2.23 bits per heavy atom. The van der Waals surface area contributed by atoms with E-state index in [4.69, 9.17) is 33.1 Å². The number of nitrogens with zero attached hydrogens (tertiary/aromatic N) is 1. The van der Waals surface area contributed by atoms with Crippen LogP contribution in [0.4, 0.5) is 0 Å². The summed E-state index contributed by atoms with van der Waals surface area (Å²) in [7, 11) is 1.53. The van der Waals surface area contributed by atoms with Crippen LogP contribution in [0.15, 0.2) is 23.4 Å². The molecule has 0 saturated heterocycles. The number of methoxy groups -OCH3 is 1. The molecular weight excluding hydrogens is 213 g/mol. The fourth-order valence-electron chi connectivity index (χ4n) is 0.844. The van der Waals surface area contributed by atoms with Crippen molar-refractivity contribution < 1.29 is 9.94 Å². The van der Waals surface area contributed by atoms with Gasteiger partial charge in [-0.3, -0.25) is 0 Å². The van der Waals surface area contributed by atoms with Crippen molar-refractivity contribution in [3.63, 3.8) is 0 Å².